The molecule has 0 aliphatic heterocycles. The summed E-state index contributed by atoms with van der Waals surface area (Å²) in [4.78, 5) is 10.1. The summed E-state index contributed by atoms with van der Waals surface area (Å²) in [5.74, 6) is -0.663. The van der Waals surface area contributed by atoms with E-state index in [0.29, 0.717) is 6.42 Å². The van der Waals surface area contributed by atoms with E-state index in [1.54, 1.807) is 0 Å². The average molecular weight is 265 g/mol. The second kappa shape index (κ2) is 36.0. The van der Waals surface area contributed by atoms with Gasteiger partial charge in [0.1, 0.15) is 0 Å². The molecule has 5 nitrogen and oxygen atoms in total. The van der Waals surface area contributed by atoms with Crippen LogP contribution in [0.1, 0.15) is 58.3 Å². The van der Waals surface area contributed by atoms with Gasteiger partial charge < -0.3 is 22.3 Å². The molecule has 0 spiro atoms. The second-order valence-electron chi connectivity index (χ2n) is 3.27. The number of carboxylic acid groups (broad SMARTS) is 1. The highest BCUT2D eigenvalue weighted by molar-refractivity contribution is 5.66. The minimum Gasteiger partial charge on any atom is -0.481 e. The molecule has 5 heteroatoms. The first-order valence-corrected chi connectivity index (χ1v) is 6.72. The van der Waals surface area contributed by atoms with E-state index in [0.717, 1.165) is 12.8 Å². The molecule has 0 aromatic heterocycles. The number of nitrogens with two attached hydrogens (primary N) is 3. The van der Waals surface area contributed by atoms with Gasteiger partial charge in [0, 0.05) is 6.42 Å². The summed E-state index contributed by atoms with van der Waals surface area (Å²) in [6.07, 6.45) is 8.64. The molecule has 0 bridgehead atoms. The van der Waals surface area contributed by atoms with Gasteiger partial charge in [0.2, 0.25) is 0 Å². The van der Waals surface area contributed by atoms with Crippen LogP contribution in [0.4, 0.5) is 0 Å². The monoisotopic (exact) mass is 265 g/mol. The Balaban J connectivity index is -0.000000141. The second-order valence-corrected chi connectivity index (χ2v) is 3.27. The predicted octanol–water partition coefficient (Wildman–Crippen LogP) is 1.94. The molecule has 18 heavy (non-hydrogen) atoms. The summed E-state index contributed by atoms with van der Waals surface area (Å²) in [7, 11) is 4.50. The van der Waals surface area contributed by atoms with E-state index in [1.165, 1.54) is 53.2 Å². The SMILES string of the molecule is CCCCCCCCCC(=O)O.CN.CN.CN. The Morgan fingerprint density at radius 3 is 1.44 bits per heavy atom. The highest BCUT2D eigenvalue weighted by atomic mass is 16.4. The molecular formula is C13H35N3O2. The normalized spacial score (nSPS) is 7.72. The van der Waals surface area contributed by atoms with Crippen molar-refractivity contribution in [2.45, 2.75) is 58.3 Å². The first-order chi connectivity index (χ1) is 8.77. The molecule has 0 aliphatic carbocycles. The van der Waals surface area contributed by atoms with E-state index in [2.05, 4.69) is 24.1 Å². The van der Waals surface area contributed by atoms with E-state index in [9.17, 15) is 4.79 Å². The first-order valence-electron chi connectivity index (χ1n) is 6.72. The third-order valence-electron chi connectivity index (χ3n) is 1.99. The molecule has 0 aliphatic rings. The molecule has 0 saturated heterocycles. The molecule has 0 atom stereocenters. The molecule has 0 heterocycles. The first kappa shape index (κ1) is 26.0. The van der Waals surface area contributed by atoms with Crippen LogP contribution >= 0.6 is 0 Å². The molecular weight excluding hydrogens is 230 g/mol. The number of aliphatic carboxylic acids is 1. The van der Waals surface area contributed by atoms with E-state index in [4.69, 9.17) is 5.11 Å². The van der Waals surface area contributed by atoms with E-state index >= 15 is 0 Å². The van der Waals surface area contributed by atoms with Gasteiger partial charge in [-0.05, 0) is 27.6 Å². The number of carboxylic acids is 1. The maximum atomic E-state index is 10.1. The van der Waals surface area contributed by atoms with Crippen LogP contribution in [0.3, 0.4) is 0 Å². The van der Waals surface area contributed by atoms with Gasteiger partial charge in [-0.15, -0.1) is 0 Å². The van der Waals surface area contributed by atoms with E-state index in [-0.39, 0.29) is 0 Å². The molecule has 7 N–H and O–H groups in total. The van der Waals surface area contributed by atoms with Crippen LogP contribution in [0.15, 0.2) is 0 Å². The van der Waals surface area contributed by atoms with Crippen LogP contribution in [0.25, 0.3) is 0 Å². The molecule has 0 fully saturated rings. The topological polar surface area (TPSA) is 115 Å². The lowest BCUT2D eigenvalue weighted by molar-refractivity contribution is -0.137. The van der Waals surface area contributed by atoms with Gasteiger partial charge in [-0.25, -0.2) is 0 Å². The van der Waals surface area contributed by atoms with Crippen LogP contribution < -0.4 is 17.2 Å². The van der Waals surface area contributed by atoms with Crippen molar-refractivity contribution in [1.29, 1.82) is 0 Å². The van der Waals surface area contributed by atoms with Crippen molar-refractivity contribution in [3.8, 4) is 0 Å². The van der Waals surface area contributed by atoms with Crippen LogP contribution in [-0.4, -0.2) is 32.2 Å². The van der Waals surface area contributed by atoms with Crippen molar-refractivity contribution in [3.63, 3.8) is 0 Å². The van der Waals surface area contributed by atoms with Gasteiger partial charge in [0.15, 0.2) is 0 Å². The minimum atomic E-state index is -0.663. The molecule has 0 saturated carbocycles. The Hall–Kier alpha value is -0.650. The zero-order valence-electron chi connectivity index (χ0n) is 12.7. The Kier molecular flexibility index (Phi) is 52.0. The summed E-state index contributed by atoms with van der Waals surface area (Å²) in [6, 6.07) is 0. The summed E-state index contributed by atoms with van der Waals surface area (Å²) in [5, 5.41) is 8.35. The third kappa shape index (κ3) is 45.3. The van der Waals surface area contributed by atoms with Gasteiger partial charge in [0.25, 0.3) is 0 Å². The zero-order valence-corrected chi connectivity index (χ0v) is 12.7. The van der Waals surface area contributed by atoms with Crippen LogP contribution in [0.5, 0.6) is 0 Å². The fourth-order valence-electron chi connectivity index (χ4n) is 1.23. The minimum absolute atomic E-state index is 0.341. The summed E-state index contributed by atoms with van der Waals surface area (Å²) >= 11 is 0. The Bertz CT molecular complexity index is 123. The number of unbranched alkanes of at least 4 members (excludes halogenated alkanes) is 6. The van der Waals surface area contributed by atoms with Crippen LogP contribution in [-0.2, 0) is 4.79 Å². The Morgan fingerprint density at radius 2 is 1.11 bits per heavy atom. The third-order valence-corrected chi connectivity index (χ3v) is 1.99. The quantitative estimate of drug-likeness (QED) is 0.500. The predicted molar refractivity (Wildman–Crippen MR) is 80.6 cm³/mol. The highest BCUT2D eigenvalue weighted by Crippen LogP contribution is 2.07. The zero-order chi connectivity index (χ0) is 15.2. The van der Waals surface area contributed by atoms with Gasteiger partial charge in [-0.1, -0.05) is 45.4 Å². The Morgan fingerprint density at radius 1 is 0.778 bits per heavy atom. The maximum absolute atomic E-state index is 10.1. The van der Waals surface area contributed by atoms with Crippen molar-refractivity contribution in [2.75, 3.05) is 21.1 Å². The maximum Gasteiger partial charge on any atom is 0.303 e. The van der Waals surface area contributed by atoms with E-state index in [1.807, 2.05) is 0 Å². The molecule has 0 aromatic rings. The smallest absolute Gasteiger partial charge is 0.303 e. The molecule has 114 valence electrons. The summed E-state index contributed by atoms with van der Waals surface area (Å²) in [6.45, 7) is 2.20. The largest absolute Gasteiger partial charge is 0.481 e. The number of rotatable bonds is 8. The molecule has 0 aromatic carbocycles. The lowest BCUT2D eigenvalue weighted by Crippen LogP contribution is -1.93. The summed E-state index contributed by atoms with van der Waals surface area (Å²) < 4.78 is 0. The van der Waals surface area contributed by atoms with Gasteiger partial charge in [0.05, 0.1) is 0 Å². The van der Waals surface area contributed by atoms with Crippen molar-refractivity contribution in [3.05, 3.63) is 0 Å². The average Bonchev–Trinajstić information content (AvgIpc) is 2.44. The van der Waals surface area contributed by atoms with Crippen LogP contribution in [0.2, 0.25) is 0 Å². The number of hydrogen-bond acceptors (Lipinski definition) is 4. The number of carbonyl (C=O) groups is 1. The fraction of sp³-hybridized carbons (Fsp3) is 0.923. The number of hydrogen-bond donors (Lipinski definition) is 4. The Labute approximate surface area is 113 Å². The molecule has 0 unspecified atom stereocenters. The molecule has 0 rings (SSSR count). The molecule has 0 radical (unpaired) electrons. The summed E-state index contributed by atoms with van der Waals surface area (Å²) in [5.41, 5.74) is 13.5. The van der Waals surface area contributed by atoms with Crippen molar-refractivity contribution in [2.24, 2.45) is 17.2 Å². The van der Waals surface area contributed by atoms with Crippen molar-refractivity contribution < 1.29 is 9.90 Å². The fourth-order valence-corrected chi connectivity index (χ4v) is 1.23. The molecule has 0 amide bonds. The van der Waals surface area contributed by atoms with Gasteiger partial charge in [-0.3, -0.25) is 4.79 Å². The van der Waals surface area contributed by atoms with Crippen molar-refractivity contribution >= 4 is 5.97 Å². The highest BCUT2D eigenvalue weighted by Gasteiger charge is 1.95. The van der Waals surface area contributed by atoms with Crippen LogP contribution in [0, 0.1) is 0 Å². The lowest BCUT2D eigenvalue weighted by Gasteiger charge is -1.98. The van der Waals surface area contributed by atoms with Gasteiger partial charge >= 0.3 is 5.97 Å². The van der Waals surface area contributed by atoms with E-state index < -0.39 is 5.97 Å². The van der Waals surface area contributed by atoms with Gasteiger partial charge in [-0.2, -0.15) is 0 Å². The lowest BCUT2D eigenvalue weighted by atomic mass is 10.1. The van der Waals surface area contributed by atoms with Crippen molar-refractivity contribution in [1.82, 2.24) is 0 Å². The standard InChI is InChI=1S/C10H20O2.3CH5N/c1-2-3-4-5-6-7-8-9-10(11)12;3*1-2/h2-9H2,1H3,(H,11,12);3*2H2,1H3.